The third kappa shape index (κ3) is 3.73. The van der Waals surface area contributed by atoms with Gasteiger partial charge in [0.1, 0.15) is 11.3 Å². The second kappa shape index (κ2) is 7.09. The van der Waals surface area contributed by atoms with Gasteiger partial charge in [-0.05, 0) is 45.9 Å². The van der Waals surface area contributed by atoms with Crippen LogP contribution in [-0.4, -0.2) is 41.8 Å². The SMILES string of the molecule is CCOC(=O)c1cc(C(=O)OC(C)(C)C)n2ccc(C3OCCO3)cc12. The lowest BCUT2D eigenvalue weighted by Crippen LogP contribution is -2.24. The van der Waals surface area contributed by atoms with E-state index < -0.39 is 23.8 Å². The molecule has 3 heterocycles. The van der Waals surface area contributed by atoms with E-state index in [1.54, 1.807) is 50.4 Å². The standard InChI is InChI=1S/C19H23NO6/c1-5-23-16(21)13-11-15(17(22)26-19(2,3)4)20-7-6-12(10-14(13)20)18-24-8-9-25-18/h6-7,10-11,18H,5,8-9H2,1-4H3. The van der Waals surface area contributed by atoms with Gasteiger partial charge >= 0.3 is 11.9 Å². The summed E-state index contributed by atoms with van der Waals surface area (Å²) in [6.45, 7) is 8.39. The van der Waals surface area contributed by atoms with Crippen LogP contribution in [-0.2, 0) is 18.9 Å². The Labute approximate surface area is 151 Å². The first-order valence-electron chi connectivity index (χ1n) is 8.59. The third-order valence-corrected chi connectivity index (χ3v) is 3.79. The van der Waals surface area contributed by atoms with Crippen molar-refractivity contribution in [3.63, 3.8) is 0 Å². The molecular weight excluding hydrogens is 338 g/mol. The second-order valence-electron chi connectivity index (χ2n) is 6.95. The Bertz CT molecular complexity index is 826. The summed E-state index contributed by atoms with van der Waals surface area (Å²) in [5, 5.41) is 0. The van der Waals surface area contributed by atoms with Crippen molar-refractivity contribution < 1.29 is 28.5 Å². The van der Waals surface area contributed by atoms with E-state index >= 15 is 0 Å². The summed E-state index contributed by atoms with van der Waals surface area (Å²) in [6, 6.07) is 5.07. The first kappa shape index (κ1) is 18.4. The van der Waals surface area contributed by atoms with Crippen LogP contribution in [0.4, 0.5) is 0 Å². The molecule has 0 aromatic carbocycles. The van der Waals surface area contributed by atoms with Crippen molar-refractivity contribution in [1.82, 2.24) is 4.40 Å². The molecule has 2 aromatic heterocycles. The monoisotopic (exact) mass is 361 g/mol. The van der Waals surface area contributed by atoms with E-state index in [0.717, 1.165) is 5.56 Å². The zero-order valence-corrected chi connectivity index (χ0v) is 15.4. The van der Waals surface area contributed by atoms with Crippen LogP contribution < -0.4 is 0 Å². The Balaban J connectivity index is 2.08. The highest BCUT2D eigenvalue weighted by atomic mass is 16.7. The van der Waals surface area contributed by atoms with E-state index in [1.807, 2.05) is 0 Å². The van der Waals surface area contributed by atoms with Gasteiger partial charge in [0, 0.05) is 11.8 Å². The molecule has 1 aliphatic rings. The number of carbonyl (C=O) groups is 2. The predicted molar refractivity (Wildman–Crippen MR) is 93.2 cm³/mol. The molecule has 0 unspecified atom stereocenters. The maximum Gasteiger partial charge on any atom is 0.355 e. The number of hydrogen-bond acceptors (Lipinski definition) is 6. The average Bonchev–Trinajstić information content (AvgIpc) is 3.21. The number of rotatable bonds is 4. The largest absolute Gasteiger partial charge is 0.462 e. The van der Waals surface area contributed by atoms with Gasteiger partial charge in [0.05, 0.1) is 30.9 Å². The van der Waals surface area contributed by atoms with Gasteiger partial charge in [0.2, 0.25) is 0 Å². The van der Waals surface area contributed by atoms with Crippen LogP contribution in [0.5, 0.6) is 0 Å². The van der Waals surface area contributed by atoms with E-state index in [1.165, 1.54) is 6.07 Å². The van der Waals surface area contributed by atoms with Crippen LogP contribution in [0.3, 0.4) is 0 Å². The normalized spacial score (nSPS) is 15.4. The van der Waals surface area contributed by atoms with Crippen LogP contribution in [0.1, 0.15) is 60.4 Å². The van der Waals surface area contributed by atoms with Crippen LogP contribution in [0.15, 0.2) is 24.4 Å². The van der Waals surface area contributed by atoms with Crippen molar-refractivity contribution in [1.29, 1.82) is 0 Å². The van der Waals surface area contributed by atoms with Crippen molar-refractivity contribution in [3.8, 4) is 0 Å². The molecule has 0 atom stereocenters. The molecule has 140 valence electrons. The summed E-state index contributed by atoms with van der Waals surface area (Å²) in [4.78, 5) is 24.9. The second-order valence-corrected chi connectivity index (χ2v) is 6.95. The molecule has 0 bridgehead atoms. The van der Waals surface area contributed by atoms with E-state index in [4.69, 9.17) is 18.9 Å². The van der Waals surface area contributed by atoms with E-state index in [9.17, 15) is 9.59 Å². The quantitative estimate of drug-likeness (QED) is 0.779. The molecule has 0 spiro atoms. The Hall–Kier alpha value is -2.38. The highest BCUT2D eigenvalue weighted by Crippen LogP contribution is 2.28. The molecule has 1 aliphatic heterocycles. The van der Waals surface area contributed by atoms with E-state index in [2.05, 4.69) is 0 Å². The van der Waals surface area contributed by atoms with Gasteiger partial charge in [-0.25, -0.2) is 9.59 Å². The zero-order chi connectivity index (χ0) is 18.9. The number of hydrogen-bond donors (Lipinski definition) is 0. The maximum absolute atomic E-state index is 12.6. The molecule has 3 rings (SSSR count). The average molecular weight is 361 g/mol. The highest BCUT2D eigenvalue weighted by Gasteiger charge is 2.26. The van der Waals surface area contributed by atoms with Crippen molar-refractivity contribution in [3.05, 3.63) is 41.2 Å². The van der Waals surface area contributed by atoms with Crippen molar-refractivity contribution in [2.24, 2.45) is 0 Å². The fourth-order valence-corrected chi connectivity index (χ4v) is 2.77. The molecule has 0 N–H and O–H groups in total. The summed E-state index contributed by atoms with van der Waals surface area (Å²) in [5.74, 6) is -1.01. The van der Waals surface area contributed by atoms with Crippen molar-refractivity contribution in [2.45, 2.75) is 39.6 Å². The molecule has 2 aromatic rings. The number of carbonyl (C=O) groups excluding carboxylic acids is 2. The number of esters is 2. The van der Waals surface area contributed by atoms with Gasteiger partial charge in [-0.1, -0.05) is 0 Å². The molecule has 1 fully saturated rings. The molecule has 0 aliphatic carbocycles. The predicted octanol–water partition coefficient (Wildman–Crippen LogP) is 3.12. The number of aromatic nitrogens is 1. The minimum absolute atomic E-state index is 0.243. The zero-order valence-electron chi connectivity index (χ0n) is 15.4. The lowest BCUT2D eigenvalue weighted by atomic mass is 10.2. The summed E-state index contributed by atoms with van der Waals surface area (Å²) in [7, 11) is 0. The van der Waals surface area contributed by atoms with Gasteiger partial charge in [-0.3, -0.25) is 0 Å². The molecular formula is C19H23NO6. The van der Waals surface area contributed by atoms with Crippen LogP contribution >= 0.6 is 0 Å². The smallest absolute Gasteiger partial charge is 0.355 e. The number of fused-ring (bicyclic) bond motifs is 1. The third-order valence-electron chi connectivity index (χ3n) is 3.79. The molecule has 7 heteroatoms. The van der Waals surface area contributed by atoms with Gasteiger partial charge in [-0.2, -0.15) is 0 Å². The Morgan fingerprint density at radius 2 is 1.88 bits per heavy atom. The molecule has 7 nitrogen and oxygen atoms in total. The van der Waals surface area contributed by atoms with Gasteiger partial charge < -0.3 is 23.3 Å². The summed E-state index contributed by atoms with van der Waals surface area (Å²) in [6.07, 6.45) is 1.23. The Morgan fingerprint density at radius 1 is 1.19 bits per heavy atom. The summed E-state index contributed by atoms with van der Waals surface area (Å²) >= 11 is 0. The molecule has 0 saturated carbocycles. The molecule has 0 amide bonds. The van der Waals surface area contributed by atoms with Gasteiger partial charge in [0.15, 0.2) is 6.29 Å². The number of ether oxygens (including phenoxy) is 4. The van der Waals surface area contributed by atoms with Crippen LogP contribution in [0.25, 0.3) is 5.52 Å². The summed E-state index contributed by atoms with van der Waals surface area (Å²) < 4.78 is 23.2. The number of nitrogens with zero attached hydrogens (tertiary/aromatic N) is 1. The highest BCUT2D eigenvalue weighted by molar-refractivity contribution is 6.02. The van der Waals surface area contributed by atoms with Crippen LogP contribution in [0.2, 0.25) is 0 Å². The van der Waals surface area contributed by atoms with Crippen molar-refractivity contribution in [2.75, 3.05) is 19.8 Å². The van der Waals surface area contributed by atoms with Gasteiger partial charge in [-0.15, -0.1) is 0 Å². The fraction of sp³-hybridized carbons (Fsp3) is 0.474. The minimum atomic E-state index is -0.642. The van der Waals surface area contributed by atoms with Crippen LogP contribution in [0, 0.1) is 0 Å². The molecule has 0 radical (unpaired) electrons. The lowest BCUT2D eigenvalue weighted by Gasteiger charge is -2.19. The Morgan fingerprint density at radius 3 is 2.50 bits per heavy atom. The first-order valence-corrected chi connectivity index (χ1v) is 8.59. The number of pyridine rings is 1. The summed E-state index contributed by atoms with van der Waals surface area (Å²) in [5.41, 5.74) is 1.23. The van der Waals surface area contributed by atoms with E-state index in [-0.39, 0.29) is 12.3 Å². The maximum atomic E-state index is 12.6. The molecule has 26 heavy (non-hydrogen) atoms. The van der Waals surface area contributed by atoms with Crippen molar-refractivity contribution >= 4 is 17.5 Å². The topological polar surface area (TPSA) is 75.5 Å². The minimum Gasteiger partial charge on any atom is -0.462 e. The Kier molecular flexibility index (Phi) is 5.02. The van der Waals surface area contributed by atoms with Gasteiger partial charge in [0.25, 0.3) is 0 Å². The lowest BCUT2D eigenvalue weighted by molar-refractivity contribution is -0.0441. The first-order chi connectivity index (χ1) is 12.3. The van der Waals surface area contributed by atoms with E-state index in [0.29, 0.717) is 24.3 Å². The fourth-order valence-electron chi connectivity index (χ4n) is 2.77. The molecule has 1 saturated heterocycles.